The molecule has 3 rings (SSSR count). The van der Waals surface area contributed by atoms with E-state index in [1.807, 2.05) is 6.07 Å². The van der Waals surface area contributed by atoms with E-state index in [9.17, 15) is 9.90 Å². The van der Waals surface area contributed by atoms with Crippen LogP contribution in [0.2, 0.25) is 0 Å². The molecule has 0 fully saturated rings. The average Bonchev–Trinajstić information content (AvgIpc) is 3.17. The van der Waals surface area contributed by atoms with Gasteiger partial charge in [-0.05, 0) is 18.2 Å². The summed E-state index contributed by atoms with van der Waals surface area (Å²) in [5, 5.41) is 13.3. The molecular weight excluding hydrogens is 326 g/mol. The van der Waals surface area contributed by atoms with Gasteiger partial charge in [0.1, 0.15) is 0 Å². The van der Waals surface area contributed by atoms with Crippen LogP contribution in [0.1, 0.15) is 21.7 Å². The molecule has 1 aliphatic heterocycles. The first-order valence-corrected chi connectivity index (χ1v) is 7.53. The van der Waals surface area contributed by atoms with Gasteiger partial charge in [0.25, 0.3) is 0 Å². The summed E-state index contributed by atoms with van der Waals surface area (Å²) in [6.45, 7) is 0.807. The predicted molar refractivity (Wildman–Crippen MR) is 92.3 cm³/mol. The number of aromatic nitrogens is 1. The van der Waals surface area contributed by atoms with E-state index in [1.54, 1.807) is 31.7 Å². The second-order valence-electron chi connectivity index (χ2n) is 5.16. The van der Waals surface area contributed by atoms with E-state index >= 15 is 0 Å². The Labute approximate surface area is 143 Å². The molecule has 3 heterocycles. The zero-order valence-electron chi connectivity index (χ0n) is 13.8. The largest absolute Gasteiger partial charge is 0.504 e. The number of esters is 1. The smallest absolute Gasteiger partial charge is 0.347 e. The van der Waals surface area contributed by atoms with E-state index in [4.69, 9.17) is 13.9 Å². The number of allylic oxidation sites excluding steroid dienone is 1. The lowest BCUT2D eigenvalue weighted by molar-refractivity contribution is 0.0598. The molecule has 0 saturated heterocycles. The van der Waals surface area contributed by atoms with Crippen molar-refractivity contribution in [2.75, 3.05) is 32.7 Å². The van der Waals surface area contributed by atoms with Crippen LogP contribution in [0.15, 0.2) is 27.7 Å². The molecule has 130 valence electrons. The van der Waals surface area contributed by atoms with E-state index in [0.29, 0.717) is 24.5 Å². The number of hydrogen-bond donors (Lipinski definition) is 2. The molecule has 8 nitrogen and oxygen atoms in total. The van der Waals surface area contributed by atoms with Crippen molar-refractivity contribution in [2.45, 2.75) is 0 Å². The number of hydrogen-bond acceptors (Lipinski definition) is 8. The van der Waals surface area contributed by atoms with Crippen molar-refractivity contribution in [3.8, 4) is 5.75 Å². The summed E-state index contributed by atoms with van der Waals surface area (Å²) in [6.07, 6.45) is 4.87. The van der Waals surface area contributed by atoms with Gasteiger partial charge in [-0.3, -0.25) is 0 Å². The predicted octanol–water partition coefficient (Wildman–Crippen LogP) is 2.48. The van der Waals surface area contributed by atoms with Crippen LogP contribution in [0.4, 0.5) is 11.7 Å². The molecule has 0 spiro atoms. The highest BCUT2D eigenvalue weighted by Crippen LogP contribution is 2.38. The molecular formula is C17H17N3O5. The Kier molecular flexibility index (Phi) is 4.80. The molecule has 1 aliphatic rings. The molecule has 0 aromatic carbocycles. The quantitative estimate of drug-likeness (QED) is 0.613. The summed E-state index contributed by atoms with van der Waals surface area (Å²) in [6, 6.07) is 3.65. The number of pyridine rings is 1. The van der Waals surface area contributed by atoms with Crippen LogP contribution in [0, 0.1) is 0 Å². The van der Waals surface area contributed by atoms with Gasteiger partial charge in [0.05, 0.1) is 13.7 Å². The third-order valence-electron chi connectivity index (χ3n) is 3.60. The number of nitrogens with zero attached hydrogens (tertiary/aromatic N) is 2. The molecule has 0 unspecified atom stereocenters. The number of fused-ring (bicyclic) bond motifs is 1. The third-order valence-corrected chi connectivity index (χ3v) is 3.60. The van der Waals surface area contributed by atoms with Gasteiger partial charge < -0.3 is 24.3 Å². The number of aliphatic imine (C=N–C) groups is 1. The highest BCUT2D eigenvalue weighted by atomic mass is 16.5. The van der Waals surface area contributed by atoms with Crippen molar-refractivity contribution in [2.24, 2.45) is 4.99 Å². The Morgan fingerprint density at radius 3 is 3.04 bits per heavy atom. The van der Waals surface area contributed by atoms with Crippen molar-refractivity contribution in [1.29, 1.82) is 0 Å². The van der Waals surface area contributed by atoms with Gasteiger partial charge in [0, 0.05) is 37.2 Å². The van der Waals surface area contributed by atoms with Crippen LogP contribution in [-0.4, -0.2) is 49.6 Å². The summed E-state index contributed by atoms with van der Waals surface area (Å²) in [7, 11) is 2.79. The molecule has 8 heteroatoms. The summed E-state index contributed by atoms with van der Waals surface area (Å²) < 4.78 is 15.3. The van der Waals surface area contributed by atoms with Gasteiger partial charge in [-0.25, -0.2) is 14.8 Å². The average molecular weight is 343 g/mol. The standard InChI is InChI=1S/C17H17N3O5/c1-23-7-6-19-16-13(17(22)24-2)14(21)12(25-16)8-10-9-20-15-11(10)4-3-5-18-15/h3-5,8-9,19,21H,6-7H2,1-2H3. The molecule has 0 amide bonds. The minimum atomic E-state index is -0.701. The Bertz CT molecular complexity index is 854. The Morgan fingerprint density at radius 1 is 1.44 bits per heavy atom. The molecule has 0 radical (unpaired) electrons. The van der Waals surface area contributed by atoms with Gasteiger partial charge in [-0.2, -0.15) is 0 Å². The molecule has 0 saturated carbocycles. The summed E-state index contributed by atoms with van der Waals surface area (Å²) >= 11 is 0. The Hall–Kier alpha value is -3.13. The van der Waals surface area contributed by atoms with Crippen LogP contribution in [0.25, 0.3) is 11.6 Å². The van der Waals surface area contributed by atoms with Crippen LogP contribution in [0.5, 0.6) is 5.75 Å². The van der Waals surface area contributed by atoms with Gasteiger partial charge >= 0.3 is 5.97 Å². The summed E-state index contributed by atoms with van der Waals surface area (Å²) in [5.41, 5.74) is 1.46. The number of furan rings is 1. The fourth-order valence-electron chi connectivity index (χ4n) is 2.40. The maximum atomic E-state index is 12.0. The maximum absolute atomic E-state index is 12.0. The summed E-state index contributed by atoms with van der Waals surface area (Å²) in [5.74, 6) is -0.169. The first-order chi connectivity index (χ1) is 12.2. The Morgan fingerprint density at radius 2 is 2.28 bits per heavy atom. The van der Waals surface area contributed by atoms with Crippen molar-refractivity contribution in [1.82, 2.24) is 4.98 Å². The van der Waals surface area contributed by atoms with Gasteiger partial charge in [-0.15, -0.1) is 0 Å². The van der Waals surface area contributed by atoms with Crippen LogP contribution in [-0.2, 0) is 9.47 Å². The maximum Gasteiger partial charge on any atom is 0.347 e. The normalized spacial score (nSPS) is 13.9. The molecule has 25 heavy (non-hydrogen) atoms. The number of ether oxygens (including phenoxy) is 2. The second kappa shape index (κ2) is 7.18. The van der Waals surface area contributed by atoms with Crippen LogP contribution in [0.3, 0.4) is 0 Å². The van der Waals surface area contributed by atoms with Gasteiger partial charge in [0.2, 0.25) is 5.88 Å². The fourth-order valence-corrected chi connectivity index (χ4v) is 2.40. The van der Waals surface area contributed by atoms with E-state index < -0.39 is 5.97 Å². The zero-order valence-corrected chi connectivity index (χ0v) is 13.8. The zero-order chi connectivity index (χ0) is 17.8. The number of rotatable bonds is 6. The topological polar surface area (TPSA) is 106 Å². The van der Waals surface area contributed by atoms with Crippen molar-refractivity contribution < 1.29 is 23.8 Å². The molecule has 2 N–H and O–H groups in total. The second-order valence-corrected chi connectivity index (χ2v) is 5.16. The first-order valence-electron chi connectivity index (χ1n) is 7.53. The minimum absolute atomic E-state index is 0.0631. The molecule has 0 aliphatic carbocycles. The van der Waals surface area contributed by atoms with Crippen molar-refractivity contribution in [3.63, 3.8) is 0 Å². The lowest BCUT2D eigenvalue weighted by Crippen LogP contribution is -2.10. The number of carbonyl (C=O) groups is 1. The SMILES string of the molecule is COCCNc1oc(C=C2C=Nc3ncccc32)c(O)c1C(=O)OC. The first kappa shape index (κ1) is 16.7. The lowest BCUT2D eigenvalue weighted by Gasteiger charge is -2.03. The van der Waals surface area contributed by atoms with E-state index in [2.05, 4.69) is 15.3 Å². The fraction of sp³-hybridized carbons (Fsp3) is 0.235. The van der Waals surface area contributed by atoms with Crippen LogP contribution < -0.4 is 5.32 Å². The third kappa shape index (κ3) is 3.24. The molecule has 2 aromatic heterocycles. The highest BCUT2D eigenvalue weighted by Gasteiger charge is 2.26. The number of nitrogens with one attached hydrogen (secondary N) is 1. The van der Waals surface area contributed by atoms with Gasteiger partial charge in [0.15, 0.2) is 22.9 Å². The summed E-state index contributed by atoms with van der Waals surface area (Å²) in [4.78, 5) is 20.3. The minimum Gasteiger partial charge on any atom is -0.504 e. The lowest BCUT2D eigenvalue weighted by atomic mass is 10.1. The van der Waals surface area contributed by atoms with Gasteiger partial charge in [-0.1, -0.05) is 0 Å². The monoisotopic (exact) mass is 343 g/mol. The van der Waals surface area contributed by atoms with Crippen molar-refractivity contribution >= 4 is 35.5 Å². The van der Waals surface area contributed by atoms with Crippen molar-refractivity contribution in [3.05, 3.63) is 35.2 Å². The number of anilines is 1. The molecule has 0 atom stereocenters. The molecule has 2 aromatic rings. The number of methoxy groups -OCH3 is 2. The molecule has 0 bridgehead atoms. The van der Waals surface area contributed by atoms with E-state index in [-0.39, 0.29) is 23.0 Å². The van der Waals surface area contributed by atoms with E-state index in [1.165, 1.54) is 7.11 Å². The van der Waals surface area contributed by atoms with E-state index in [0.717, 1.165) is 5.56 Å². The Balaban J connectivity index is 1.98. The van der Waals surface area contributed by atoms with Crippen LogP contribution >= 0.6 is 0 Å². The number of carbonyl (C=O) groups excluding carboxylic acids is 1. The highest BCUT2D eigenvalue weighted by molar-refractivity contribution is 6.21. The number of aromatic hydroxyl groups is 1.